The Morgan fingerprint density at radius 1 is 1.07 bits per heavy atom. The van der Waals surface area contributed by atoms with Gasteiger partial charge in [0.1, 0.15) is 0 Å². The molecule has 3 heterocycles. The average Bonchev–Trinajstić information content (AvgIpc) is 3.05. The van der Waals surface area contributed by atoms with E-state index in [4.69, 9.17) is 0 Å². The fourth-order valence-electron chi connectivity index (χ4n) is 3.64. The zero-order valence-electron chi connectivity index (χ0n) is 15.8. The maximum atomic E-state index is 11.7. The second-order valence-corrected chi connectivity index (χ2v) is 6.86. The number of carbonyl (C=O) groups is 2. The molecule has 1 aliphatic heterocycles. The van der Waals surface area contributed by atoms with E-state index in [-0.39, 0.29) is 11.6 Å². The quantitative estimate of drug-likeness (QED) is 0.749. The first-order valence-corrected chi connectivity index (χ1v) is 9.15. The number of benzene rings is 1. The molecule has 1 fully saturated rings. The molecule has 3 aromatic rings. The number of aromatic nitrogens is 3. The van der Waals surface area contributed by atoms with E-state index >= 15 is 0 Å². The molecule has 0 unspecified atom stereocenters. The number of aromatic carboxylic acids is 1. The highest BCUT2D eigenvalue weighted by Crippen LogP contribution is 2.32. The van der Waals surface area contributed by atoms with E-state index in [2.05, 4.69) is 15.0 Å². The molecule has 4 rings (SSSR count). The molecule has 0 bridgehead atoms. The molecule has 8 nitrogen and oxygen atoms in total. The average molecular weight is 379 g/mol. The van der Waals surface area contributed by atoms with Gasteiger partial charge in [-0.2, -0.15) is 5.10 Å². The number of carbonyl (C=O) groups excluding carboxylic acids is 1. The van der Waals surface area contributed by atoms with Crippen molar-refractivity contribution in [1.29, 1.82) is 0 Å². The maximum absolute atomic E-state index is 11.7. The molecule has 0 spiro atoms. The molecule has 0 aliphatic carbocycles. The van der Waals surface area contributed by atoms with Gasteiger partial charge in [0.2, 0.25) is 5.91 Å². The number of aryl methyl sites for hydroxylation is 1. The Labute approximate surface area is 162 Å². The molecule has 0 radical (unpaired) electrons. The van der Waals surface area contributed by atoms with E-state index in [1.165, 1.54) is 0 Å². The van der Waals surface area contributed by atoms with E-state index in [9.17, 15) is 14.7 Å². The number of hydrogen-bond donors (Lipinski definition) is 1. The van der Waals surface area contributed by atoms with Crippen LogP contribution in [0.4, 0.5) is 5.69 Å². The molecule has 0 atom stereocenters. The monoisotopic (exact) mass is 379 g/mol. The highest BCUT2D eigenvalue weighted by molar-refractivity contribution is 5.98. The molecule has 2 aromatic heterocycles. The molecule has 1 amide bonds. The third-order valence-corrected chi connectivity index (χ3v) is 5.08. The van der Waals surface area contributed by atoms with Crippen molar-refractivity contribution in [3.8, 4) is 5.69 Å². The number of rotatable bonds is 3. The van der Waals surface area contributed by atoms with Gasteiger partial charge in [-0.1, -0.05) is 18.2 Å². The number of carboxylic acids is 1. The summed E-state index contributed by atoms with van der Waals surface area (Å²) in [6, 6.07) is 11.1. The van der Waals surface area contributed by atoms with Crippen LogP contribution in [0.2, 0.25) is 0 Å². The SMILES string of the molecule is CC(=O)N1CCN(c2cc(C(=O)O)nc3c2c(C)nn3-c2ccccc2)CC1. The van der Waals surface area contributed by atoms with Crippen LogP contribution in [0.3, 0.4) is 0 Å². The van der Waals surface area contributed by atoms with Gasteiger partial charge in [-0.25, -0.2) is 14.5 Å². The van der Waals surface area contributed by atoms with Gasteiger partial charge in [-0.3, -0.25) is 4.79 Å². The van der Waals surface area contributed by atoms with Crippen molar-refractivity contribution in [1.82, 2.24) is 19.7 Å². The largest absolute Gasteiger partial charge is 0.477 e. The summed E-state index contributed by atoms with van der Waals surface area (Å²) in [7, 11) is 0. The third kappa shape index (κ3) is 3.06. The normalized spacial score (nSPS) is 14.5. The van der Waals surface area contributed by atoms with E-state index < -0.39 is 5.97 Å². The minimum Gasteiger partial charge on any atom is -0.477 e. The smallest absolute Gasteiger partial charge is 0.354 e. The molecule has 1 saturated heterocycles. The number of pyridine rings is 1. The van der Waals surface area contributed by atoms with Gasteiger partial charge in [0, 0.05) is 33.1 Å². The zero-order valence-corrected chi connectivity index (χ0v) is 15.8. The van der Waals surface area contributed by atoms with Crippen LogP contribution >= 0.6 is 0 Å². The van der Waals surface area contributed by atoms with Gasteiger partial charge in [0.15, 0.2) is 11.3 Å². The number of anilines is 1. The van der Waals surface area contributed by atoms with Crippen molar-refractivity contribution < 1.29 is 14.7 Å². The first-order valence-electron chi connectivity index (χ1n) is 9.15. The van der Waals surface area contributed by atoms with E-state index in [1.54, 1.807) is 22.6 Å². The van der Waals surface area contributed by atoms with Crippen molar-refractivity contribution in [3.63, 3.8) is 0 Å². The Bertz CT molecular complexity index is 1050. The maximum Gasteiger partial charge on any atom is 0.354 e. The molecule has 1 aliphatic rings. The first-order chi connectivity index (χ1) is 13.5. The van der Waals surface area contributed by atoms with Crippen LogP contribution in [-0.4, -0.2) is 62.8 Å². The van der Waals surface area contributed by atoms with Crippen LogP contribution in [0.15, 0.2) is 36.4 Å². The Morgan fingerprint density at radius 3 is 2.36 bits per heavy atom. The van der Waals surface area contributed by atoms with Gasteiger partial charge in [0.25, 0.3) is 0 Å². The predicted octanol–water partition coefficient (Wildman–Crippen LogP) is 2.10. The van der Waals surface area contributed by atoms with Crippen molar-refractivity contribution >= 4 is 28.6 Å². The Morgan fingerprint density at radius 2 is 1.75 bits per heavy atom. The molecule has 0 saturated carbocycles. The lowest BCUT2D eigenvalue weighted by molar-refractivity contribution is -0.129. The standard InChI is InChI=1S/C20H21N5O3/c1-13-18-17(24-10-8-23(9-11-24)14(2)26)12-16(20(27)28)21-19(18)25(22-13)15-6-4-3-5-7-15/h3-7,12H,8-11H2,1-2H3,(H,27,28). The third-order valence-electron chi connectivity index (χ3n) is 5.08. The van der Waals surface area contributed by atoms with Crippen molar-refractivity contribution in [3.05, 3.63) is 47.8 Å². The number of para-hydroxylation sites is 1. The number of carboxylic acid groups (broad SMARTS) is 1. The molecule has 8 heteroatoms. The van der Waals surface area contributed by atoms with Gasteiger partial charge in [-0.05, 0) is 25.1 Å². The molecular weight excluding hydrogens is 358 g/mol. The van der Waals surface area contributed by atoms with Gasteiger partial charge in [0.05, 0.1) is 22.5 Å². The Kier molecular flexibility index (Phi) is 4.46. The Balaban J connectivity index is 1.86. The van der Waals surface area contributed by atoms with Crippen LogP contribution in [0.5, 0.6) is 0 Å². The summed E-state index contributed by atoms with van der Waals surface area (Å²) in [5, 5.41) is 15.1. The van der Waals surface area contributed by atoms with E-state index in [0.29, 0.717) is 31.8 Å². The van der Waals surface area contributed by atoms with Crippen LogP contribution in [0, 0.1) is 6.92 Å². The molecule has 1 aromatic carbocycles. The number of piperazine rings is 1. The summed E-state index contributed by atoms with van der Waals surface area (Å²) in [5.41, 5.74) is 2.90. The van der Waals surface area contributed by atoms with Crippen LogP contribution in [0.25, 0.3) is 16.7 Å². The van der Waals surface area contributed by atoms with E-state index in [0.717, 1.165) is 22.5 Å². The summed E-state index contributed by atoms with van der Waals surface area (Å²) in [4.78, 5) is 31.6. The number of fused-ring (bicyclic) bond motifs is 1. The molecule has 144 valence electrons. The van der Waals surface area contributed by atoms with E-state index in [1.807, 2.05) is 37.3 Å². The summed E-state index contributed by atoms with van der Waals surface area (Å²) >= 11 is 0. The lowest BCUT2D eigenvalue weighted by atomic mass is 10.1. The summed E-state index contributed by atoms with van der Waals surface area (Å²) < 4.78 is 1.69. The van der Waals surface area contributed by atoms with Crippen LogP contribution in [0.1, 0.15) is 23.1 Å². The number of amides is 1. The fraction of sp³-hybridized carbons (Fsp3) is 0.300. The fourth-order valence-corrected chi connectivity index (χ4v) is 3.64. The molecule has 28 heavy (non-hydrogen) atoms. The molecular formula is C20H21N5O3. The highest BCUT2D eigenvalue weighted by Gasteiger charge is 2.25. The Hall–Kier alpha value is -3.42. The minimum absolute atomic E-state index is 0.0198. The van der Waals surface area contributed by atoms with Crippen LogP contribution < -0.4 is 4.90 Å². The van der Waals surface area contributed by atoms with Gasteiger partial charge >= 0.3 is 5.97 Å². The van der Waals surface area contributed by atoms with Crippen molar-refractivity contribution in [2.45, 2.75) is 13.8 Å². The number of nitrogens with zero attached hydrogens (tertiary/aromatic N) is 5. The topological polar surface area (TPSA) is 91.6 Å². The zero-order chi connectivity index (χ0) is 19.8. The van der Waals surface area contributed by atoms with Crippen molar-refractivity contribution in [2.24, 2.45) is 0 Å². The summed E-state index contributed by atoms with van der Waals surface area (Å²) in [6.07, 6.45) is 0. The lowest BCUT2D eigenvalue weighted by Gasteiger charge is -2.36. The van der Waals surface area contributed by atoms with Crippen LogP contribution in [-0.2, 0) is 4.79 Å². The first kappa shape index (κ1) is 18.0. The summed E-state index contributed by atoms with van der Waals surface area (Å²) in [5.74, 6) is -1.03. The number of hydrogen-bond acceptors (Lipinski definition) is 5. The van der Waals surface area contributed by atoms with Gasteiger partial charge in [-0.15, -0.1) is 0 Å². The predicted molar refractivity (Wildman–Crippen MR) is 105 cm³/mol. The second-order valence-electron chi connectivity index (χ2n) is 6.86. The molecule has 1 N–H and O–H groups in total. The second kappa shape index (κ2) is 6.95. The summed E-state index contributed by atoms with van der Waals surface area (Å²) in [6.45, 7) is 5.94. The van der Waals surface area contributed by atoms with Crippen molar-refractivity contribution in [2.75, 3.05) is 31.1 Å². The minimum atomic E-state index is -1.08. The van der Waals surface area contributed by atoms with Gasteiger partial charge < -0.3 is 14.9 Å². The lowest BCUT2D eigenvalue weighted by Crippen LogP contribution is -2.48. The highest BCUT2D eigenvalue weighted by atomic mass is 16.4.